The van der Waals surface area contributed by atoms with Crippen LogP contribution < -0.4 is 9.80 Å². The van der Waals surface area contributed by atoms with E-state index in [1.54, 1.807) is 0 Å². The summed E-state index contributed by atoms with van der Waals surface area (Å²) in [5.41, 5.74) is 1.37. The number of rotatable bonds is 3. The summed E-state index contributed by atoms with van der Waals surface area (Å²) in [6.07, 6.45) is 6.17. The van der Waals surface area contributed by atoms with E-state index in [2.05, 4.69) is 36.9 Å². The standard InChI is InChI=1S/C17H23N5/c1-13-18-9-7-16(20-13)22-10-4-5-15(12-22)14-6-8-19-17(11-14)21(2)3/h6-9,11,15H,4-5,10,12H2,1-3H3/t15-/m0/s1. The molecule has 0 bridgehead atoms. The summed E-state index contributed by atoms with van der Waals surface area (Å²) < 4.78 is 0. The molecule has 1 saturated heterocycles. The highest BCUT2D eigenvalue weighted by Gasteiger charge is 2.22. The van der Waals surface area contributed by atoms with Crippen molar-refractivity contribution in [3.05, 3.63) is 42.0 Å². The average molecular weight is 297 g/mol. The van der Waals surface area contributed by atoms with Crippen LogP contribution in [-0.4, -0.2) is 42.1 Å². The summed E-state index contributed by atoms with van der Waals surface area (Å²) in [6, 6.07) is 6.36. The van der Waals surface area contributed by atoms with Crippen molar-refractivity contribution in [1.82, 2.24) is 15.0 Å². The Morgan fingerprint density at radius 3 is 2.77 bits per heavy atom. The Morgan fingerprint density at radius 2 is 2.00 bits per heavy atom. The van der Waals surface area contributed by atoms with Crippen molar-refractivity contribution in [2.75, 3.05) is 37.0 Å². The van der Waals surface area contributed by atoms with Crippen LogP contribution in [0.15, 0.2) is 30.6 Å². The molecule has 1 aliphatic rings. The Bertz CT molecular complexity index is 640. The minimum atomic E-state index is 0.533. The monoisotopic (exact) mass is 297 g/mol. The first-order valence-electron chi connectivity index (χ1n) is 7.81. The third kappa shape index (κ3) is 3.18. The molecule has 22 heavy (non-hydrogen) atoms. The van der Waals surface area contributed by atoms with Gasteiger partial charge in [-0.25, -0.2) is 15.0 Å². The first-order valence-corrected chi connectivity index (χ1v) is 7.81. The highest BCUT2D eigenvalue weighted by atomic mass is 15.2. The molecule has 2 aromatic heterocycles. The van der Waals surface area contributed by atoms with Crippen LogP contribution in [0.2, 0.25) is 0 Å². The van der Waals surface area contributed by atoms with Gasteiger partial charge in [0.15, 0.2) is 0 Å². The number of aromatic nitrogens is 3. The van der Waals surface area contributed by atoms with E-state index in [-0.39, 0.29) is 0 Å². The maximum Gasteiger partial charge on any atom is 0.132 e. The van der Waals surface area contributed by atoms with Crippen LogP contribution in [0.4, 0.5) is 11.6 Å². The Morgan fingerprint density at radius 1 is 1.18 bits per heavy atom. The Kier molecular flexibility index (Phi) is 4.22. The molecule has 1 aliphatic heterocycles. The lowest BCUT2D eigenvalue weighted by Gasteiger charge is -2.34. The van der Waals surface area contributed by atoms with Crippen LogP contribution in [0.1, 0.15) is 30.1 Å². The minimum absolute atomic E-state index is 0.533. The largest absolute Gasteiger partial charge is 0.363 e. The Labute approximate surface area is 132 Å². The Hall–Kier alpha value is -2.17. The highest BCUT2D eigenvalue weighted by Crippen LogP contribution is 2.30. The zero-order valence-electron chi connectivity index (χ0n) is 13.5. The summed E-state index contributed by atoms with van der Waals surface area (Å²) in [5.74, 6) is 3.43. The number of pyridine rings is 1. The van der Waals surface area contributed by atoms with Gasteiger partial charge in [0.2, 0.25) is 0 Å². The van der Waals surface area contributed by atoms with E-state index in [0.717, 1.165) is 30.5 Å². The fraction of sp³-hybridized carbons (Fsp3) is 0.471. The van der Waals surface area contributed by atoms with E-state index in [0.29, 0.717) is 5.92 Å². The molecule has 2 aromatic rings. The minimum Gasteiger partial charge on any atom is -0.363 e. The van der Waals surface area contributed by atoms with Crippen LogP contribution in [-0.2, 0) is 0 Å². The molecule has 5 heteroatoms. The first kappa shape index (κ1) is 14.8. The molecule has 3 heterocycles. The van der Waals surface area contributed by atoms with Crippen molar-refractivity contribution < 1.29 is 0 Å². The van der Waals surface area contributed by atoms with Crippen LogP contribution >= 0.6 is 0 Å². The molecule has 0 aliphatic carbocycles. The van der Waals surface area contributed by atoms with Gasteiger partial charge in [-0.2, -0.15) is 0 Å². The SMILES string of the molecule is Cc1nccc(N2CCC[C@H](c3ccnc(N(C)C)c3)C2)n1. The highest BCUT2D eigenvalue weighted by molar-refractivity contribution is 5.43. The van der Waals surface area contributed by atoms with E-state index < -0.39 is 0 Å². The van der Waals surface area contributed by atoms with Crippen molar-refractivity contribution in [2.24, 2.45) is 0 Å². The third-order valence-corrected chi connectivity index (χ3v) is 4.21. The fourth-order valence-corrected chi connectivity index (χ4v) is 3.01. The van der Waals surface area contributed by atoms with E-state index in [1.807, 2.05) is 39.5 Å². The normalized spacial score (nSPS) is 18.3. The zero-order chi connectivity index (χ0) is 15.5. The Balaban J connectivity index is 1.79. The van der Waals surface area contributed by atoms with E-state index >= 15 is 0 Å². The predicted molar refractivity (Wildman–Crippen MR) is 89.5 cm³/mol. The summed E-state index contributed by atoms with van der Waals surface area (Å²) in [7, 11) is 4.06. The van der Waals surface area contributed by atoms with Gasteiger partial charge in [0.1, 0.15) is 17.5 Å². The molecule has 0 amide bonds. The van der Waals surface area contributed by atoms with Crippen LogP contribution in [0.3, 0.4) is 0 Å². The van der Waals surface area contributed by atoms with Gasteiger partial charge in [-0.1, -0.05) is 0 Å². The van der Waals surface area contributed by atoms with Crippen LogP contribution in [0.25, 0.3) is 0 Å². The predicted octanol–water partition coefficient (Wildman–Crippen LogP) is 2.63. The quantitative estimate of drug-likeness (QED) is 0.871. The van der Waals surface area contributed by atoms with Crippen molar-refractivity contribution >= 4 is 11.6 Å². The summed E-state index contributed by atoms with van der Waals surface area (Å²) in [4.78, 5) is 17.6. The zero-order valence-corrected chi connectivity index (χ0v) is 13.5. The van der Waals surface area contributed by atoms with Crippen molar-refractivity contribution in [3.63, 3.8) is 0 Å². The van der Waals surface area contributed by atoms with Crippen molar-refractivity contribution in [1.29, 1.82) is 0 Å². The first-order chi connectivity index (χ1) is 10.6. The van der Waals surface area contributed by atoms with Gasteiger partial charge in [0.25, 0.3) is 0 Å². The number of piperidine rings is 1. The van der Waals surface area contributed by atoms with E-state index in [1.165, 1.54) is 18.4 Å². The maximum absolute atomic E-state index is 4.56. The molecule has 0 N–H and O–H groups in total. The molecular weight excluding hydrogens is 274 g/mol. The number of hydrogen-bond acceptors (Lipinski definition) is 5. The number of aryl methyl sites for hydroxylation is 1. The van der Waals surface area contributed by atoms with E-state index in [4.69, 9.17) is 0 Å². The topological polar surface area (TPSA) is 45.2 Å². The summed E-state index contributed by atoms with van der Waals surface area (Å²) in [5, 5.41) is 0. The second-order valence-electron chi connectivity index (χ2n) is 6.09. The number of anilines is 2. The smallest absolute Gasteiger partial charge is 0.132 e. The molecule has 1 atom stereocenters. The molecule has 0 aromatic carbocycles. The molecule has 0 saturated carbocycles. The van der Waals surface area contributed by atoms with Crippen LogP contribution in [0, 0.1) is 6.92 Å². The molecule has 5 nitrogen and oxygen atoms in total. The van der Waals surface area contributed by atoms with Crippen molar-refractivity contribution in [2.45, 2.75) is 25.7 Å². The second-order valence-corrected chi connectivity index (χ2v) is 6.09. The van der Waals surface area contributed by atoms with Gasteiger partial charge in [-0.05, 0) is 43.5 Å². The molecule has 0 unspecified atom stereocenters. The van der Waals surface area contributed by atoms with Gasteiger partial charge in [0, 0.05) is 45.5 Å². The number of nitrogens with zero attached hydrogens (tertiary/aromatic N) is 5. The summed E-state index contributed by atoms with van der Waals surface area (Å²) >= 11 is 0. The third-order valence-electron chi connectivity index (χ3n) is 4.21. The maximum atomic E-state index is 4.56. The second kappa shape index (κ2) is 6.30. The fourth-order valence-electron chi connectivity index (χ4n) is 3.01. The lowest BCUT2D eigenvalue weighted by molar-refractivity contribution is 0.506. The van der Waals surface area contributed by atoms with Gasteiger partial charge < -0.3 is 9.80 Å². The molecule has 3 rings (SSSR count). The summed E-state index contributed by atoms with van der Waals surface area (Å²) in [6.45, 7) is 4.02. The lowest BCUT2D eigenvalue weighted by atomic mass is 9.91. The van der Waals surface area contributed by atoms with Crippen molar-refractivity contribution in [3.8, 4) is 0 Å². The molecule has 0 spiro atoms. The molecular formula is C17H23N5. The van der Waals surface area contributed by atoms with Crippen LogP contribution in [0.5, 0.6) is 0 Å². The van der Waals surface area contributed by atoms with Gasteiger partial charge in [-0.15, -0.1) is 0 Å². The molecule has 116 valence electrons. The van der Waals surface area contributed by atoms with Gasteiger partial charge in [0.05, 0.1) is 0 Å². The number of hydrogen-bond donors (Lipinski definition) is 0. The molecule has 1 fully saturated rings. The van der Waals surface area contributed by atoms with Gasteiger partial charge in [-0.3, -0.25) is 0 Å². The van der Waals surface area contributed by atoms with Gasteiger partial charge >= 0.3 is 0 Å². The van der Waals surface area contributed by atoms with E-state index in [9.17, 15) is 0 Å². The average Bonchev–Trinajstić information content (AvgIpc) is 2.55. The molecule has 0 radical (unpaired) electrons. The lowest BCUT2D eigenvalue weighted by Crippen LogP contribution is -2.35.